The van der Waals surface area contributed by atoms with Crippen LogP contribution in [0.1, 0.15) is 12.0 Å². The highest BCUT2D eigenvalue weighted by Crippen LogP contribution is 2.26. The van der Waals surface area contributed by atoms with E-state index in [1.54, 1.807) is 41.8 Å². The summed E-state index contributed by atoms with van der Waals surface area (Å²) < 4.78 is 37.7. The Morgan fingerprint density at radius 1 is 1.03 bits per heavy atom. The van der Waals surface area contributed by atoms with Crippen LogP contribution in [0.4, 0.5) is 5.69 Å². The molecule has 0 saturated heterocycles. The van der Waals surface area contributed by atoms with Crippen molar-refractivity contribution in [1.29, 1.82) is 0 Å². The molecule has 7 nitrogen and oxygen atoms in total. The van der Waals surface area contributed by atoms with E-state index >= 15 is 0 Å². The fourth-order valence-corrected chi connectivity index (χ4v) is 5.16. The number of thiophene rings is 1. The number of sulfonamides is 1. The van der Waals surface area contributed by atoms with Crippen LogP contribution in [0, 0.1) is 0 Å². The molecule has 1 aromatic heterocycles. The van der Waals surface area contributed by atoms with E-state index < -0.39 is 10.0 Å². The molecule has 0 saturated carbocycles. The molecule has 9 heteroatoms. The van der Waals surface area contributed by atoms with Crippen molar-refractivity contribution in [1.82, 2.24) is 5.32 Å². The van der Waals surface area contributed by atoms with E-state index in [9.17, 15) is 13.2 Å². The van der Waals surface area contributed by atoms with Crippen LogP contribution in [-0.2, 0) is 26.2 Å². The van der Waals surface area contributed by atoms with Crippen LogP contribution in [0.15, 0.2) is 76.3 Å². The molecule has 3 rings (SSSR count). The van der Waals surface area contributed by atoms with Crippen LogP contribution in [0.5, 0.6) is 5.75 Å². The van der Waals surface area contributed by atoms with Crippen molar-refractivity contribution in [2.75, 3.05) is 31.1 Å². The molecule has 0 spiro atoms. The van der Waals surface area contributed by atoms with E-state index in [1.807, 2.05) is 30.3 Å². The SMILES string of the molecule is CN(c1ccc(OCC(=O)NCCCOCc2ccccc2)cc1)S(=O)(=O)c1cccs1. The first-order valence-corrected chi connectivity index (χ1v) is 12.4. The molecule has 3 aromatic rings. The second-order valence-electron chi connectivity index (χ2n) is 6.93. The average Bonchev–Trinajstić information content (AvgIpc) is 3.36. The van der Waals surface area contributed by atoms with Gasteiger partial charge < -0.3 is 14.8 Å². The minimum absolute atomic E-state index is 0.118. The summed E-state index contributed by atoms with van der Waals surface area (Å²) in [6.45, 7) is 1.49. The normalized spacial score (nSPS) is 11.2. The number of carbonyl (C=O) groups excluding carboxylic acids is 1. The molecule has 0 aliphatic rings. The lowest BCUT2D eigenvalue weighted by Gasteiger charge is -2.18. The summed E-state index contributed by atoms with van der Waals surface area (Å²) in [6.07, 6.45) is 0.707. The average molecular weight is 475 g/mol. The number of hydrogen-bond acceptors (Lipinski definition) is 6. The summed E-state index contributed by atoms with van der Waals surface area (Å²) in [7, 11) is -2.08. The Balaban J connectivity index is 1.35. The largest absolute Gasteiger partial charge is 0.484 e. The van der Waals surface area contributed by atoms with Gasteiger partial charge in [0.15, 0.2) is 6.61 Å². The second-order valence-corrected chi connectivity index (χ2v) is 10.1. The summed E-state index contributed by atoms with van der Waals surface area (Å²) in [4.78, 5) is 11.9. The van der Waals surface area contributed by atoms with E-state index in [0.717, 1.165) is 5.56 Å². The molecule has 0 unspecified atom stereocenters. The topological polar surface area (TPSA) is 84.9 Å². The lowest BCUT2D eigenvalue weighted by Crippen LogP contribution is -2.30. The van der Waals surface area contributed by atoms with Gasteiger partial charge in [-0.1, -0.05) is 36.4 Å². The van der Waals surface area contributed by atoms with Gasteiger partial charge in [-0.2, -0.15) is 0 Å². The maximum Gasteiger partial charge on any atom is 0.273 e. The summed E-state index contributed by atoms with van der Waals surface area (Å²) in [5.74, 6) is 0.256. The van der Waals surface area contributed by atoms with Crippen LogP contribution >= 0.6 is 11.3 Å². The number of nitrogens with zero attached hydrogens (tertiary/aromatic N) is 1. The molecule has 0 radical (unpaired) electrons. The van der Waals surface area contributed by atoms with E-state index in [1.165, 1.54) is 22.7 Å². The Bertz CT molecular complexity index is 1070. The summed E-state index contributed by atoms with van der Waals surface area (Å²) in [5.41, 5.74) is 1.62. The van der Waals surface area contributed by atoms with E-state index in [0.29, 0.717) is 37.6 Å². The first kappa shape index (κ1) is 23.8. The van der Waals surface area contributed by atoms with Gasteiger partial charge in [0.05, 0.1) is 12.3 Å². The predicted molar refractivity (Wildman–Crippen MR) is 126 cm³/mol. The highest BCUT2D eigenvalue weighted by molar-refractivity contribution is 7.94. The van der Waals surface area contributed by atoms with Crippen molar-refractivity contribution in [2.24, 2.45) is 0 Å². The molecule has 0 fully saturated rings. The fraction of sp³-hybridized carbons (Fsp3) is 0.261. The zero-order valence-electron chi connectivity index (χ0n) is 17.8. The molecule has 2 aromatic carbocycles. The number of carbonyl (C=O) groups is 1. The lowest BCUT2D eigenvalue weighted by atomic mass is 10.2. The zero-order chi connectivity index (χ0) is 22.8. The standard InChI is InChI=1S/C23H26N2O5S2/c1-25(32(27,28)23-9-5-16-31-23)20-10-12-21(13-11-20)30-18-22(26)24-14-6-15-29-17-19-7-3-2-4-8-19/h2-5,7-13,16H,6,14-15,17-18H2,1H3,(H,24,26). The van der Waals surface area contributed by atoms with Crippen molar-refractivity contribution in [2.45, 2.75) is 17.2 Å². The number of rotatable bonds is 12. The van der Waals surface area contributed by atoms with E-state index in [2.05, 4.69) is 5.32 Å². The van der Waals surface area contributed by atoms with Gasteiger partial charge in [-0.25, -0.2) is 8.42 Å². The highest BCUT2D eigenvalue weighted by atomic mass is 32.2. The van der Waals surface area contributed by atoms with Gasteiger partial charge in [-0.3, -0.25) is 9.10 Å². The summed E-state index contributed by atoms with van der Waals surface area (Å²) in [5, 5.41) is 4.51. The van der Waals surface area contributed by atoms with Crippen LogP contribution in [0.3, 0.4) is 0 Å². The van der Waals surface area contributed by atoms with Crippen molar-refractivity contribution in [3.63, 3.8) is 0 Å². The van der Waals surface area contributed by atoms with Crippen LogP contribution in [0.2, 0.25) is 0 Å². The Labute approximate surface area is 192 Å². The third-order valence-corrected chi connectivity index (χ3v) is 7.74. The maximum atomic E-state index is 12.6. The van der Waals surface area contributed by atoms with E-state index in [-0.39, 0.29) is 16.7 Å². The number of nitrogens with one attached hydrogen (secondary N) is 1. The number of amides is 1. The molecular formula is C23H26N2O5S2. The van der Waals surface area contributed by atoms with Gasteiger partial charge in [-0.05, 0) is 47.7 Å². The first-order chi connectivity index (χ1) is 15.5. The maximum absolute atomic E-state index is 12.6. The van der Waals surface area contributed by atoms with Crippen molar-refractivity contribution >= 4 is 33.0 Å². The third kappa shape index (κ3) is 6.81. The minimum atomic E-state index is -3.58. The third-order valence-electron chi connectivity index (χ3n) is 4.58. The summed E-state index contributed by atoms with van der Waals surface area (Å²) in [6, 6.07) is 19.7. The fourth-order valence-electron chi connectivity index (χ4n) is 2.80. The van der Waals surface area contributed by atoms with Crippen LogP contribution in [0.25, 0.3) is 0 Å². The van der Waals surface area contributed by atoms with Crippen LogP contribution < -0.4 is 14.4 Å². The Morgan fingerprint density at radius 2 is 1.78 bits per heavy atom. The Morgan fingerprint density at radius 3 is 2.47 bits per heavy atom. The second kappa shape index (κ2) is 11.7. The van der Waals surface area contributed by atoms with E-state index in [4.69, 9.17) is 9.47 Å². The molecule has 0 aliphatic carbocycles. The lowest BCUT2D eigenvalue weighted by molar-refractivity contribution is -0.123. The molecule has 1 heterocycles. The zero-order valence-corrected chi connectivity index (χ0v) is 19.4. The molecular weight excluding hydrogens is 448 g/mol. The first-order valence-electron chi connectivity index (χ1n) is 10.1. The van der Waals surface area contributed by atoms with Gasteiger partial charge >= 0.3 is 0 Å². The quantitative estimate of drug-likeness (QED) is 0.405. The van der Waals surface area contributed by atoms with Gasteiger partial charge in [0.1, 0.15) is 9.96 Å². The van der Waals surface area contributed by atoms with Crippen LogP contribution in [-0.4, -0.2) is 41.1 Å². The van der Waals surface area contributed by atoms with Gasteiger partial charge in [0, 0.05) is 20.2 Å². The van der Waals surface area contributed by atoms with Crippen molar-refractivity contribution in [3.05, 3.63) is 77.7 Å². The molecule has 0 atom stereocenters. The molecule has 1 amide bonds. The molecule has 32 heavy (non-hydrogen) atoms. The minimum Gasteiger partial charge on any atom is -0.484 e. The Kier molecular flexibility index (Phi) is 8.66. The molecule has 170 valence electrons. The van der Waals surface area contributed by atoms with Gasteiger partial charge in [0.25, 0.3) is 15.9 Å². The highest BCUT2D eigenvalue weighted by Gasteiger charge is 2.22. The smallest absolute Gasteiger partial charge is 0.273 e. The predicted octanol–water partition coefficient (Wildman–Crippen LogP) is 3.68. The number of benzene rings is 2. The molecule has 1 N–H and O–H groups in total. The molecule has 0 aliphatic heterocycles. The Hall–Kier alpha value is -2.88. The monoisotopic (exact) mass is 474 g/mol. The molecule has 0 bridgehead atoms. The van der Waals surface area contributed by atoms with Gasteiger partial charge in [-0.15, -0.1) is 11.3 Å². The van der Waals surface area contributed by atoms with Crippen molar-refractivity contribution in [3.8, 4) is 5.75 Å². The number of hydrogen-bond donors (Lipinski definition) is 1. The van der Waals surface area contributed by atoms with Gasteiger partial charge in [0.2, 0.25) is 0 Å². The van der Waals surface area contributed by atoms with Crippen molar-refractivity contribution < 1.29 is 22.7 Å². The summed E-state index contributed by atoms with van der Waals surface area (Å²) >= 11 is 1.17. The number of anilines is 1. The number of ether oxygens (including phenoxy) is 2.